The second-order valence-electron chi connectivity index (χ2n) is 5.99. The number of amides is 2. The number of hydrogen-bond donors (Lipinski definition) is 1. The third-order valence-electron chi connectivity index (χ3n) is 2.85. The molecule has 0 aliphatic heterocycles. The highest BCUT2D eigenvalue weighted by atomic mass is 19.3. The summed E-state index contributed by atoms with van der Waals surface area (Å²) in [6.45, 7) is 4.27. The molecule has 7 heteroatoms. The lowest BCUT2D eigenvalue weighted by atomic mass is 10.1. The van der Waals surface area contributed by atoms with Gasteiger partial charge in [-0.25, -0.2) is 0 Å². The second-order valence-corrected chi connectivity index (χ2v) is 5.99. The van der Waals surface area contributed by atoms with Gasteiger partial charge in [-0.1, -0.05) is 12.1 Å². The number of nitrogens with one attached hydrogen (secondary N) is 1. The van der Waals surface area contributed by atoms with E-state index >= 15 is 0 Å². The molecule has 0 saturated carbocycles. The minimum atomic E-state index is -3.02. The molecule has 0 aliphatic carbocycles. The summed E-state index contributed by atoms with van der Waals surface area (Å²) in [6, 6.07) is 5.73. The normalized spacial score (nSPS) is 11.3. The maximum atomic E-state index is 12.5. The third-order valence-corrected chi connectivity index (χ3v) is 2.85. The van der Waals surface area contributed by atoms with Crippen molar-refractivity contribution in [2.75, 3.05) is 13.1 Å². The van der Waals surface area contributed by atoms with Crippen molar-refractivity contribution >= 4 is 11.8 Å². The molecule has 1 aromatic carbocycles. The van der Waals surface area contributed by atoms with Crippen LogP contribution in [0.15, 0.2) is 24.3 Å². The van der Waals surface area contributed by atoms with Crippen LogP contribution in [0.3, 0.4) is 0 Å². The molecule has 0 heterocycles. The molecule has 0 fully saturated rings. The van der Waals surface area contributed by atoms with Gasteiger partial charge in [-0.05, 0) is 39.8 Å². The summed E-state index contributed by atoms with van der Waals surface area (Å²) < 4.78 is 29.2. The van der Waals surface area contributed by atoms with Crippen LogP contribution in [0.25, 0.3) is 0 Å². The van der Waals surface area contributed by atoms with Crippen molar-refractivity contribution in [3.8, 4) is 5.75 Å². The van der Waals surface area contributed by atoms with Crippen molar-refractivity contribution in [1.82, 2.24) is 10.2 Å². The summed E-state index contributed by atoms with van der Waals surface area (Å²) in [4.78, 5) is 25.7. The van der Waals surface area contributed by atoms with Crippen LogP contribution in [0.4, 0.5) is 8.78 Å². The van der Waals surface area contributed by atoms with E-state index in [4.69, 9.17) is 0 Å². The summed E-state index contributed by atoms with van der Waals surface area (Å²) in [5.74, 6) is -1.06. The standard InChI is InChI=1S/C16H22F2N2O3/c1-5-20(10-13(21)19-16(2,3)4)14(22)11-8-6-7-9-12(11)23-15(17)18/h6-9,15H,5,10H2,1-4H3,(H,19,21). The minimum Gasteiger partial charge on any atom is -0.434 e. The molecule has 0 atom stereocenters. The predicted molar refractivity (Wildman–Crippen MR) is 82.5 cm³/mol. The van der Waals surface area contributed by atoms with Crippen molar-refractivity contribution in [3.63, 3.8) is 0 Å². The molecule has 0 bridgehead atoms. The Hall–Kier alpha value is -2.18. The average Bonchev–Trinajstić information content (AvgIpc) is 2.42. The van der Waals surface area contributed by atoms with Gasteiger partial charge in [-0.2, -0.15) is 8.78 Å². The maximum Gasteiger partial charge on any atom is 0.387 e. The predicted octanol–water partition coefficient (Wildman–Crippen LogP) is 2.66. The lowest BCUT2D eigenvalue weighted by molar-refractivity contribution is -0.123. The Labute approximate surface area is 134 Å². The van der Waals surface area contributed by atoms with E-state index < -0.39 is 18.1 Å². The second kappa shape index (κ2) is 7.89. The number of rotatable bonds is 6. The Morgan fingerprint density at radius 1 is 1.26 bits per heavy atom. The van der Waals surface area contributed by atoms with Crippen LogP contribution in [0.5, 0.6) is 5.75 Å². The molecule has 0 saturated heterocycles. The van der Waals surface area contributed by atoms with Gasteiger partial charge in [0.05, 0.1) is 12.1 Å². The van der Waals surface area contributed by atoms with Crippen LogP contribution in [0, 0.1) is 0 Å². The van der Waals surface area contributed by atoms with Crippen molar-refractivity contribution in [2.24, 2.45) is 0 Å². The third kappa shape index (κ3) is 6.22. The van der Waals surface area contributed by atoms with Gasteiger partial charge in [0.2, 0.25) is 5.91 Å². The number of hydrogen-bond acceptors (Lipinski definition) is 3. The molecule has 128 valence electrons. The first-order chi connectivity index (χ1) is 10.6. The molecule has 1 rings (SSSR count). The molecule has 2 amide bonds. The lowest BCUT2D eigenvalue weighted by Crippen LogP contribution is -2.47. The molecule has 0 aromatic heterocycles. The van der Waals surface area contributed by atoms with Crippen molar-refractivity contribution < 1.29 is 23.1 Å². The average molecular weight is 328 g/mol. The van der Waals surface area contributed by atoms with E-state index in [1.54, 1.807) is 13.0 Å². The number of likely N-dealkylation sites (N-methyl/N-ethyl adjacent to an activating group) is 1. The largest absolute Gasteiger partial charge is 0.434 e. The van der Waals surface area contributed by atoms with Crippen LogP contribution < -0.4 is 10.1 Å². The van der Waals surface area contributed by atoms with Crippen molar-refractivity contribution in [2.45, 2.75) is 39.8 Å². The fourth-order valence-corrected chi connectivity index (χ4v) is 1.97. The molecular formula is C16H22F2N2O3. The summed E-state index contributed by atoms with van der Waals surface area (Å²) in [5.41, 5.74) is -0.422. The Morgan fingerprint density at radius 2 is 1.87 bits per heavy atom. The minimum absolute atomic E-state index is 0.00166. The highest BCUT2D eigenvalue weighted by molar-refractivity contribution is 5.98. The fraction of sp³-hybridized carbons (Fsp3) is 0.500. The number of benzene rings is 1. The summed E-state index contributed by atoms with van der Waals surface area (Å²) in [7, 11) is 0. The Kier molecular flexibility index (Phi) is 6.48. The van der Waals surface area contributed by atoms with E-state index in [0.29, 0.717) is 0 Å². The van der Waals surface area contributed by atoms with Crippen LogP contribution in [-0.2, 0) is 4.79 Å². The molecule has 23 heavy (non-hydrogen) atoms. The number of alkyl halides is 2. The van der Waals surface area contributed by atoms with E-state index in [2.05, 4.69) is 10.1 Å². The number of halogens is 2. The van der Waals surface area contributed by atoms with E-state index in [9.17, 15) is 18.4 Å². The van der Waals surface area contributed by atoms with Crippen molar-refractivity contribution in [1.29, 1.82) is 0 Å². The molecule has 0 unspecified atom stereocenters. The zero-order chi connectivity index (χ0) is 17.6. The van der Waals surface area contributed by atoms with Gasteiger partial charge < -0.3 is 15.0 Å². The van der Waals surface area contributed by atoms with E-state index in [1.165, 1.54) is 23.1 Å². The number of carbonyl (C=O) groups excluding carboxylic acids is 2. The SMILES string of the molecule is CCN(CC(=O)NC(C)(C)C)C(=O)c1ccccc1OC(F)F. The zero-order valence-corrected chi connectivity index (χ0v) is 13.7. The molecule has 0 radical (unpaired) electrons. The van der Waals surface area contributed by atoms with Crippen LogP contribution in [0.2, 0.25) is 0 Å². The zero-order valence-electron chi connectivity index (χ0n) is 13.7. The van der Waals surface area contributed by atoms with Crippen LogP contribution in [0.1, 0.15) is 38.1 Å². The number of ether oxygens (including phenoxy) is 1. The first-order valence-corrected chi connectivity index (χ1v) is 7.28. The van der Waals surface area contributed by atoms with Gasteiger partial charge in [-0.15, -0.1) is 0 Å². The van der Waals surface area contributed by atoms with E-state index in [0.717, 1.165) is 0 Å². The smallest absolute Gasteiger partial charge is 0.387 e. The van der Waals surface area contributed by atoms with Gasteiger partial charge in [0.25, 0.3) is 5.91 Å². The monoisotopic (exact) mass is 328 g/mol. The Balaban J connectivity index is 2.91. The quantitative estimate of drug-likeness (QED) is 0.873. The topological polar surface area (TPSA) is 58.6 Å². The number of carbonyl (C=O) groups is 2. The highest BCUT2D eigenvalue weighted by Crippen LogP contribution is 2.21. The lowest BCUT2D eigenvalue weighted by Gasteiger charge is -2.25. The van der Waals surface area contributed by atoms with E-state index in [1.807, 2.05) is 20.8 Å². The maximum absolute atomic E-state index is 12.5. The number of nitrogens with zero attached hydrogens (tertiary/aromatic N) is 1. The first-order valence-electron chi connectivity index (χ1n) is 7.28. The van der Waals surface area contributed by atoms with Gasteiger partial charge in [0, 0.05) is 12.1 Å². The van der Waals surface area contributed by atoms with E-state index in [-0.39, 0.29) is 30.3 Å². The first kappa shape index (κ1) is 18.9. The Bertz CT molecular complexity index is 557. The summed E-state index contributed by atoms with van der Waals surface area (Å²) >= 11 is 0. The van der Waals surface area contributed by atoms with Gasteiger partial charge >= 0.3 is 6.61 Å². The van der Waals surface area contributed by atoms with Crippen molar-refractivity contribution in [3.05, 3.63) is 29.8 Å². The van der Waals surface area contributed by atoms with Gasteiger partial charge in [0.15, 0.2) is 0 Å². The molecule has 0 spiro atoms. The summed E-state index contributed by atoms with van der Waals surface area (Å²) in [6.07, 6.45) is 0. The molecular weight excluding hydrogens is 306 g/mol. The van der Waals surface area contributed by atoms with Crippen LogP contribution in [-0.4, -0.2) is 42.0 Å². The Morgan fingerprint density at radius 3 is 2.39 bits per heavy atom. The molecule has 1 N–H and O–H groups in total. The molecule has 0 aliphatic rings. The van der Waals surface area contributed by atoms with Gasteiger partial charge in [0.1, 0.15) is 5.75 Å². The number of para-hydroxylation sites is 1. The van der Waals surface area contributed by atoms with Gasteiger partial charge in [-0.3, -0.25) is 9.59 Å². The summed E-state index contributed by atoms with van der Waals surface area (Å²) in [5, 5.41) is 2.75. The van der Waals surface area contributed by atoms with Crippen LogP contribution >= 0.6 is 0 Å². The fourth-order valence-electron chi connectivity index (χ4n) is 1.97. The molecule has 1 aromatic rings. The highest BCUT2D eigenvalue weighted by Gasteiger charge is 2.23. The molecule has 5 nitrogen and oxygen atoms in total.